The number of rotatable bonds is 3. The second kappa shape index (κ2) is 5.11. The van der Waals surface area contributed by atoms with Gasteiger partial charge in [0.25, 0.3) is 11.6 Å². The number of nitrogens with one attached hydrogen (secondary N) is 1. The molecule has 1 N–H and O–H groups in total. The van der Waals surface area contributed by atoms with Crippen LogP contribution >= 0.6 is 11.6 Å². The van der Waals surface area contributed by atoms with Crippen molar-refractivity contribution >= 4 is 28.9 Å². The lowest BCUT2D eigenvalue weighted by atomic mass is 10.2. The molecule has 7 heteroatoms. The van der Waals surface area contributed by atoms with Crippen LogP contribution in [0.1, 0.15) is 15.9 Å². The monoisotopic (exact) mass is 280 g/mol. The first kappa shape index (κ1) is 13.1. The fourth-order valence-electron chi connectivity index (χ4n) is 1.55. The third-order valence-corrected chi connectivity index (χ3v) is 2.75. The number of furan rings is 1. The normalized spacial score (nSPS) is 10.2. The van der Waals surface area contributed by atoms with E-state index in [0.29, 0.717) is 0 Å². The minimum atomic E-state index is -0.563. The van der Waals surface area contributed by atoms with Gasteiger partial charge in [0.15, 0.2) is 0 Å². The molecule has 0 fully saturated rings. The minimum Gasteiger partial charge on any atom is -0.452 e. The van der Waals surface area contributed by atoms with Gasteiger partial charge < -0.3 is 9.73 Å². The molecule has 98 valence electrons. The highest BCUT2D eigenvalue weighted by Crippen LogP contribution is 2.26. The molecule has 1 amide bonds. The van der Waals surface area contributed by atoms with Crippen LogP contribution in [-0.4, -0.2) is 10.8 Å². The Kier molecular flexibility index (Phi) is 3.52. The van der Waals surface area contributed by atoms with Crippen molar-refractivity contribution in [2.24, 2.45) is 0 Å². The van der Waals surface area contributed by atoms with Crippen molar-refractivity contribution in [1.29, 1.82) is 0 Å². The Labute approximate surface area is 113 Å². The van der Waals surface area contributed by atoms with Crippen LogP contribution in [0.3, 0.4) is 0 Å². The molecule has 0 unspecified atom stereocenters. The Morgan fingerprint density at radius 1 is 1.42 bits per heavy atom. The lowest BCUT2D eigenvalue weighted by Crippen LogP contribution is -2.12. The van der Waals surface area contributed by atoms with Gasteiger partial charge in [-0.3, -0.25) is 14.9 Å². The van der Waals surface area contributed by atoms with E-state index in [2.05, 4.69) is 5.32 Å². The number of amides is 1. The molecule has 0 aliphatic rings. The van der Waals surface area contributed by atoms with Gasteiger partial charge in [-0.1, -0.05) is 6.07 Å². The zero-order chi connectivity index (χ0) is 14.0. The van der Waals surface area contributed by atoms with Crippen LogP contribution in [-0.2, 0) is 0 Å². The van der Waals surface area contributed by atoms with E-state index >= 15 is 0 Å². The number of halogens is 1. The Balaban J connectivity index is 2.33. The molecule has 2 aromatic rings. The number of anilines is 1. The van der Waals surface area contributed by atoms with Crippen LogP contribution in [0, 0.1) is 17.0 Å². The van der Waals surface area contributed by atoms with Crippen LogP contribution in [0.4, 0.5) is 11.4 Å². The van der Waals surface area contributed by atoms with E-state index in [9.17, 15) is 14.9 Å². The third kappa shape index (κ3) is 2.74. The first-order chi connectivity index (χ1) is 8.99. The lowest BCUT2D eigenvalue weighted by molar-refractivity contribution is -0.383. The molecule has 1 aromatic heterocycles. The average molecular weight is 281 g/mol. The molecule has 0 aliphatic heterocycles. The summed E-state index contributed by atoms with van der Waals surface area (Å²) in [5.74, 6) is -0.563. The minimum absolute atomic E-state index is 0.0622. The first-order valence-electron chi connectivity index (χ1n) is 5.28. The second-order valence-corrected chi connectivity index (χ2v) is 4.18. The topological polar surface area (TPSA) is 85.4 Å². The van der Waals surface area contributed by atoms with Gasteiger partial charge >= 0.3 is 0 Å². The van der Waals surface area contributed by atoms with E-state index in [1.54, 1.807) is 13.0 Å². The van der Waals surface area contributed by atoms with E-state index in [4.69, 9.17) is 16.0 Å². The molecular weight excluding hydrogens is 272 g/mol. The average Bonchev–Trinajstić information content (AvgIpc) is 2.75. The van der Waals surface area contributed by atoms with Gasteiger partial charge in [-0.25, -0.2) is 0 Å². The SMILES string of the molecule is Cc1ccc([N+](=O)[O-])c(NC(=O)c2ccoc2Cl)c1. The lowest BCUT2D eigenvalue weighted by Gasteiger charge is -2.05. The van der Waals surface area contributed by atoms with Crippen molar-refractivity contribution in [2.75, 3.05) is 5.32 Å². The number of aryl methyl sites for hydroxylation is 1. The van der Waals surface area contributed by atoms with Crippen LogP contribution < -0.4 is 5.32 Å². The quantitative estimate of drug-likeness (QED) is 0.689. The number of nitro groups is 1. The van der Waals surface area contributed by atoms with E-state index in [1.165, 1.54) is 24.5 Å². The maximum atomic E-state index is 11.9. The number of nitrogens with zero attached hydrogens (tertiary/aromatic N) is 1. The third-order valence-electron chi connectivity index (χ3n) is 2.46. The number of hydrogen-bond acceptors (Lipinski definition) is 4. The molecule has 6 nitrogen and oxygen atoms in total. The molecule has 0 bridgehead atoms. The van der Waals surface area contributed by atoms with Crippen molar-refractivity contribution in [2.45, 2.75) is 6.92 Å². The van der Waals surface area contributed by atoms with Crippen molar-refractivity contribution < 1.29 is 14.1 Å². The highest BCUT2D eigenvalue weighted by Gasteiger charge is 2.19. The van der Waals surface area contributed by atoms with E-state index in [0.717, 1.165) is 5.56 Å². The molecule has 2 rings (SSSR count). The summed E-state index contributed by atoms with van der Waals surface area (Å²) < 4.78 is 4.80. The zero-order valence-electron chi connectivity index (χ0n) is 9.84. The molecule has 0 spiro atoms. The van der Waals surface area contributed by atoms with Gasteiger partial charge in [-0.15, -0.1) is 0 Å². The Hall–Kier alpha value is -2.34. The molecule has 19 heavy (non-hydrogen) atoms. The van der Waals surface area contributed by atoms with Crippen LogP contribution in [0.2, 0.25) is 5.22 Å². The summed E-state index contributed by atoms with van der Waals surface area (Å²) >= 11 is 5.67. The predicted molar refractivity (Wildman–Crippen MR) is 69.5 cm³/mol. The predicted octanol–water partition coefficient (Wildman–Crippen LogP) is 3.40. The van der Waals surface area contributed by atoms with E-state index in [-0.39, 0.29) is 22.2 Å². The zero-order valence-corrected chi connectivity index (χ0v) is 10.6. The van der Waals surface area contributed by atoms with Crippen LogP contribution in [0.5, 0.6) is 0 Å². The number of nitro benzene ring substituents is 1. The summed E-state index contributed by atoms with van der Waals surface area (Å²) in [4.78, 5) is 22.2. The Morgan fingerprint density at radius 2 is 2.16 bits per heavy atom. The summed E-state index contributed by atoms with van der Waals surface area (Å²) in [6, 6.07) is 5.84. The molecule has 0 aliphatic carbocycles. The van der Waals surface area contributed by atoms with Gasteiger partial charge in [-0.05, 0) is 36.2 Å². The maximum Gasteiger partial charge on any atom is 0.292 e. The Bertz CT molecular complexity index is 651. The highest BCUT2D eigenvalue weighted by molar-refractivity contribution is 6.32. The fourth-order valence-corrected chi connectivity index (χ4v) is 1.75. The van der Waals surface area contributed by atoms with Gasteiger partial charge in [0, 0.05) is 6.07 Å². The van der Waals surface area contributed by atoms with E-state index in [1.807, 2.05) is 0 Å². The molecular formula is C12H9ClN2O4. The summed E-state index contributed by atoms with van der Waals surface area (Å²) in [6.45, 7) is 1.77. The Morgan fingerprint density at radius 3 is 2.74 bits per heavy atom. The van der Waals surface area contributed by atoms with Crippen molar-refractivity contribution in [3.8, 4) is 0 Å². The van der Waals surface area contributed by atoms with Gasteiger partial charge in [0.2, 0.25) is 5.22 Å². The van der Waals surface area contributed by atoms with Crippen molar-refractivity contribution in [3.63, 3.8) is 0 Å². The summed E-state index contributed by atoms with van der Waals surface area (Å²) in [5, 5.41) is 13.3. The van der Waals surface area contributed by atoms with Gasteiger partial charge in [-0.2, -0.15) is 0 Å². The van der Waals surface area contributed by atoms with Crippen molar-refractivity contribution in [1.82, 2.24) is 0 Å². The van der Waals surface area contributed by atoms with Crippen LogP contribution in [0.15, 0.2) is 34.9 Å². The molecule has 1 aromatic carbocycles. The first-order valence-corrected chi connectivity index (χ1v) is 5.66. The van der Waals surface area contributed by atoms with Gasteiger partial charge in [0.05, 0.1) is 16.7 Å². The van der Waals surface area contributed by atoms with Crippen molar-refractivity contribution in [3.05, 3.63) is 57.0 Å². The maximum absolute atomic E-state index is 11.9. The number of hydrogen-bond donors (Lipinski definition) is 1. The summed E-state index contributed by atoms with van der Waals surface area (Å²) in [5.41, 5.74) is 0.850. The smallest absolute Gasteiger partial charge is 0.292 e. The molecule has 0 saturated heterocycles. The fraction of sp³-hybridized carbons (Fsp3) is 0.0833. The largest absolute Gasteiger partial charge is 0.452 e. The van der Waals surface area contributed by atoms with Crippen LogP contribution in [0.25, 0.3) is 0 Å². The number of carbonyl (C=O) groups is 1. The summed E-state index contributed by atoms with van der Waals surface area (Å²) in [6.07, 6.45) is 1.27. The van der Waals surface area contributed by atoms with E-state index < -0.39 is 10.8 Å². The molecule has 0 atom stereocenters. The highest BCUT2D eigenvalue weighted by atomic mass is 35.5. The standard InChI is InChI=1S/C12H9ClN2O4/c1-7-2-3-10(15(17)18)9(6-7)14-12(16)8-4-5-19-11(8)13/h2-6H,1H3,(H,14,16). The molecule has 1 heterocycles. The molecule has 0 radical (unpaired) electrons. The second-order valence-electron chi connectivity index (χ2n) is 3.84. The number of carbonyl (C=O) groups excluding carboxylic acids is 1. The summed E-state index contributed by atoms with van der Waals surface area (Å²) in [7, 11) is 0. The number of benzene rings is 1. The molecule has 0 saturated carbocycles. The van der Waals surface area contributed by atoms with Gasteiger partial charge in [0.1, 0.15) is 5.69 Å².